The molecule has 3 aromatic rings. The van der Waals surface area contributed by atoms with Crippen LogP contribution >= 0.6 is 11.3 Å². The number of ether oxygens (including phenoxy) is 1. The van der Waals surface area contributed by atoms with E-state index in [4.69, 9.17) is 4.74 Å². The summed E-state index contributed by atoms with van der Waals surface area (Å²) in [6.45, 7) is 8.58. The predicted molar refractivity (Wildman–Crippen MR) is 125 cm³/mol. The molecule has 0 aliphatic carbocycles. The van der Waals surface area contributed by atoms with Crippen LogP contribution in [-0.4, -0.2) is 46.8 Å². The van der Waals surface area contributed by atoms with Crippen molar-refractivity contribution in [3.05, 3.63) is 48.5 Å². The molecule has 0 spiro atoms. The molecule has 31 heavy (non-hydrogen) atoms. The highest BCUT2D eigenvalue weighted by Crippen LogP contribution is 2.30. The summed E-state index contributed by atoms with van der Waals surface area (Å²) in [5.41, 5.74) is 2.45. The summed E-state index contributed by atoms with van der Waals surface area (Å²) in [6, 6.07) is 7.89. The maximum Gasteiger partial charge on any atom is 0.407 e. The van der Waals surface area contributed by atoms with Gasteiger partial charge in [0.15, 0.2) is 5.13 Å². The number of carbonyl (C=O) groups is 1. The zero-order chi connectivity index (χ0) is 22.4. The zero-order valence-corrected chi connectivity index (χ0v) is 19.3. The molecule has 3 rings (SSSR count). The van der Waals surface area contributed by atoms with Gasteiger partial charge in [0, 0.05) is 56.2 Å². The number of nitrogens with zero attached hydrogens (tertiary/aromatic N) is 4. The van der Waals surface area contributed by atoms with Crippen LogP contribution in [0.15, 0.2) is 42.9 Å². The van der Waals surface area contributed by atoms with Crippen LogP contribution in [0.5, 0.6) is 0 Å². The van der Waals surface area contributed by atoms with Crippen molar-refractivity contribution in [3.8, 4) is 10.4 Å². The van der Waals surface area contributed by atoms with Gasteiger partial charge >= 0.3 is 6.09 Å². The number of pyridine rings is 2. The molecular weight excluding hydrogens is 412 g/mol. The van der Waals surface area contributed by atoms with Crippen molar-refractivity contribution in [1.29, 1.82) is 0 Å². The lowest BCUT2D eigenvalue weighted by Gasteiger charge is -2.22. The Morgan fingerprint density at radius 3 is 2.68 bits per heavy atom. The first kappa shape index (κ1) is 22.5. The normalized spacial score (nSPS) is 11.1. The highest BCUT2D eigenvalue weighted by molar-refractivity contribution is 7.18. The van der Waals surface area contributed by atoms with E-state index in [2.05, 4.69) is 30.5 Å². The number of thiazole rings is 1. The Morgan fingerprint density at radius 1 is 1.23 bits per heavy atom. The fraction of sp³-hybridized carbons (Fsp3) is 0.364. The maximum absolute atomic E-state index is 11.8. The van der Waals surface area contributed by atoms with Gasteiger partial charge in [-0.1, -0.05) is 11.3 Å². The third kappa shape index (κ3) is 6.92. The Morgan fingerprint density at radius 2 is 1.97 bits per heavy atom. The van der Waals surface area contributed by atoms with Crippen molar-refractivity contribution in [2.45, 2.75) is 33.3 Å². The molecule has 0 unspecified atom stereocenters. The van der Waals surface area contributed by atoms with Gasteiger partial charge < -0.3 is 20.3 Å². The Bertz CT molecular complexity index is 1020. The number of aryl methyl sites for hydroxylation is 1. The minimum Gasteiger partial charge on any atom is -0.444 e. The van der Waals surface area contributed by atoms with Gasteiger partial charge in [0.25, 0.3) is 0 Å². The minimum atomic E-state index is -0.508. The van der Waals surface area contributed by atoms with Gasteiger partial charge in [-0.15, -0.1) is 0 Å². The molecular formula is C22H28N6O2S. The molecule has 0 saturated heterocycles. The van der Waals surface area contributed by atoms with E-state index < -0.39 is 11.7 Å². The van der Waals surface area contributed by atoms with Gasteiger partial charge in [-0.3, -0.25) is 4.98 Å². The number of rotatable bonds is 7. The third-order valence-electron chi connectivity index (χ3n) is 4.20. The monoisotopic (exact) mass is 440 g/mol. The third-order valence-corrected chi connectivity index (χ3v) is 5.16. The van der Waals surface area contributed by atoms with E-state index in [0.717, 1.165) is 32.8 Å². The number of alkyl carbamates (subject to hydrolysis) is 1. The molecule has 0 aromatic carbocycles. The number of hydrogen-bond donors (Lipinski definition) is 2. The molecule has 9 heteroatoms. The summed E-state index contributed by atoms with van der Waals surface area (Å²) in [7, 11) is 1.97. The van der Waals surface area contributed by atoms with E-state index in [-0.39, 0.29) is 0 Å². The van der Waals surface area contributed by atoms with Gasteiger partial charge in [0.2, 0.25) is 0 Å². The molecule has 8 nitrogen and oxygen atoms in total. The van der Waals surface area contributed by atoms with Crippen LogP contribution in [0, 0.1) is 6.92 Å². The smallest absolute Gasteiger partial charge is 0.407 e. The second kappa shape index (κ2) is 9.74. The zero-order valence-electron chi connectivity index (χ0n) is 18.5. The quantitative estimate of drug-likeness (QED) is 0.554. The minimum absolute atomic E-state index is 0.414. The van der Waals surface area contributed by atoms with Crippen LogP contribution in [0.3, 0.4) is 0 Å². The summed E-state index contributed by atoms with van der Waals surface area (Å²) in [5, 5.41) is 6.84. The number of aromatic nitrogens is 3. The lowest BCUT2D eigenvalue weighted by Crippen LogP contribution is -2.37. The fourth-order valence-electron chi connectivity index (χ4n) is 2.79. The highest BCUT2D eigenvalue weighted by atomic mass is 32.1. The Hall–Kier alpha value is -3.20. The van der Waals surface area contributed by atoms with Gasteiger partial charge in [-0.2, -0.15) is 0 Å². The lowest BCUT2D eigenvalue weighted by atomic mass is 10.2. The van der Waals surface area contributed by atoms with Gasteiger partial charge in [-0.05, 0) is 51.5 Å². The fourth-order valence-corrected chi connectivity index (χ4v) is 3.62. The van der Waals surface area contributed by atoms with E-state index in [1.807, 2.05) is 65.2 Å². The molecule has 0 saturated carbocycles. The van der Waals surface area contributed by atoms with E-state index in [1.54, 1.807) is 23.7 Å². The number of anilines is 3. The summed E-state index contributed by atoms with van der Waals surface area (Å²) in [5.74, 6) is 0.720. The standard InChI is InChI=1S/C22H28N6O2S/c1-15-12-17(28(5)11-10-24-21(29)30-22(2,3)4)13-19(26-15)27-20-25-14-18(31-20)16-6-8-23-9-7-16/h6-9,12-14H,10-11H2,1-5H3,(H,24,29)(H,25,26,27). The van der Waals surface area contributed by atoms with Gasteiger partial charge in [-0.25, -0.2) is 14.8 Å². The van der Waals surface area contributed by atoms with Crippen LogP contribution in [0.2, 0.25) is 0 Å². The first-order valence-electron chi connectivity index (χ1n) is 9.99. The predicted octanol–water partition coefficient (Wildman–Crippen LogP) is 4.61. The lowest BCUT2D eigenvalue weighted by molar-refractivity contribution is 0.0529. The van der Waals surface area contributed by atoms with Crippen molar-refractivity contribution in [2.24, 2.45) is 0 Å². The van der Waals surface area contributed by atoms with Crippen molar-refractivity contribution >= 4 is 34.1 Å². The molecule has 3 aromatic heterocycles. The second-order valence-corrected chi connectivity index (χ2v) is 9.12. The van der Waals surface area contributed by atoms with Crippen molar-refractivity contribution in [3.63, 3.8) is 0 Å². The summed E-state index contributed by atoms with van der Waals surface area (Å²) in [4.78, 5) is 28.0. The average Bonchev–Trinajstić information content (AvgIpc) is 3.15. The Balaban J connectivity index is 1.61. The van der Waals surface area contributed by atoms with Crippen molar-refractivity contribution in [2.75, 3.05) is 30.4 Å². The first-order valence-corrected chi connectivity index (χ1v) is 10.8. The van der Waals surface area contributed by atoms with E-state index in [0.29, 0.717) is 13.1 Å². The van der Waals surface area contributed by atoms with Crippen LogP contribution in [0.1, 0.15) is 26.5 Å². The van der Waals surface area contributed by atoms with E-state index in [1.165, 1.54) is 0 Å². The first-order chi connectivity index (χ1) is 14.7. The molecule has 0 aliphatic rings. The maximum atomic E-state index is 11.8. The molecule has 2 N–H and O–H groups in total. The second-order valence-electron chi connectivity index (χ2n) is 8.09. The van der Waals surface area contributed by atoms with Crippen LogP contribution < -0.4 is 15.5 Å². The molecule has 0 aliphatic heterocycles. The molecule has 0 radical (unpaired) electrons. The van der Waals surface area contributed by atoms with Gasteiger partial charge in [0.05, 0.1) is 4.88 Å². The number of nitrogens with one attached hydrogen (secondary N) is 2. The highest BCUT2D eigenvalue weighted by Gasteiger charge is 2.16. The van der Waals surface area contributed by atoms with Crippen LogP contribution in [-0.2, 0) is 4.74 Å². The van der Waals surface area contributed by atoms with E-state index in [9.17, 15) is 4.79 Å². The molecule has 0 atom stereocenters. The topological polar surface area (TPSA) is 92.3 Å². The Kier molecular flexibility index (Phi) is 7.06. The molecule has 0 bridgehead atoms. The summed E-state index contributed by atoms with van der Waals surface area (Å²) in [6.07, 6.45) is 4.96. The molecule has 0 fully saturated rings. The summed E-state index contributed by atoms with van der Waals surface area (Å²) < 4.78 is 5.27. The van der Waals surface area contributed by atoms with Crippen LogP contribution in [0.25, 0.3) is 10.4 Å². The number of carbonyl (C=O) groups excluding carboxylic acids is 1. The molecule has 1 amide bonds. The Labute approximate surface area is 186 Å². The number of hydrogen-bond acceptors (Lipinski definition) is 8. The van der Waals surface area contributed by atoms with E-state index >= 15 is 0 Å². The van der Waals surface area contributed by atoms with Crippen molar-refractivity contribution < 1.29 is 9.53 Å². The van der Waals surface area contributed by atoms with Gasteiger partial charge in [0.1, 0.15) is 11.4 Å². The van der Waals surface area contributed by atoms with Crippen molar-refractivity contribution in [1.82, 2.24) is 20.3 Å². The largest absolute Gasteiger partial charge is 0.444 e. The summed E-state index contributed by atoms with van der Waals surface area (Å²) >= 11 is 1.56. The molecule has 3 heterocycles. The molecule has 164 valence electrons. The average molecular weight is 441 g/mol. The SMILES string of the molecule is Cc1cc(N(C)CCNC(=O)OC(C)(C)C)cc(Nc2ncc(-c3ccncc3)s2)n1. The number of amides is 1. The number of likely N-dealkylation sites (N-methyl/N-ethyl adjacent to an activating group) is 1. The van der Waals surface area contributed by atoms with Crippen LogP contribution in [0.4, 0.5) is 21.4 Å².